The highest BCUT2D eigenvalue weighted by Gasteiger charge is 2.41. The molecule has 11 heteroatoms. The third kappa shape index (κ3) is 4.29. The lowest BCUT2D eigenvalue weighted by molar-refractivity contribution is -0.141. The molecular weight excluding hydrogens is 409 g/mol. The van der Waals surface area contributed by atoms with E-state index in [1.54, 1.807) is 11.9 Å². The van der Waals surface area contributed by atoms with Crippen LogP contribution in [0.5, 0.6) is 0 Å². The number of nitrogens with zero attached hydrogens (tertiary/aromatic N) is 4. The number of rotatable bonds is 5. The van der Waals surface area contributed by atoms with Crippen LogP contribution < -0.4 is 4.90 Å². The van der Waals surface area contributed by atoms with Gasteiger partial charge in [0.25, 0.3) is 0 Å². The van der Waals surface area contributed by atoms with Gasteiger partial charge in [0.05, 0.1) is 10.5 Å². The van der Waals surface area contributed by atoms with Gasteiger partial charge in [-0.1, -0.05) is 19.3 Å². The van der Waals surface area contributed by atoms with Crippen molar-refractivity contribution < 1.29 is 26.4 Å². The summed E-state index contributed by atoms with van der Waals surface area (Å²) in [7, 11) is -1.87. The number of carbonyl (C=O) groups is 1. The Morgan fingerprint density at radius 1 is 1.21 bits per heavy atom. The zero-order chi connectivity index (χ0) is 21.4. The van der Waals surface area contributed by atoms with Gasteiger partial charge in [0.2, 0.25) is 0 Å². The van der Waals surface area contributed by atoms with Crippen LogP contribution in [0.15, 0.2) is 23.2 Å². The number of pyridine rings is 1. The van der Waals surface area contributed by atoms with Crippen molar-refractivity contribution in [3.05, 3.63) is 29.6 Å². The molecule has 29 heavy (non-hydrogen) atoms. The average Bonchev–Trinajstić information content (AvgIpc) is 3.07. The predicted octanol–water partition coefficient (Wildman–Crippen LogP) is 3.27. The Labute approximate surface area is 166 Å². The Balaban J connectivity index is 2.17. The standard InChI is InChI=1S/C18H21F3N4O3S/c1-24(12-6-4-3-5-7-12)17-14(11-26)16(18(19,20)21)23-25(17)15-9-8-13(10-22-15)29(2,27)28/h8-12H,3-7H2,1-2H3. The molecule has 0 saturated heterocycles. The zero-order valence-corrected chi connectivity index (χ0v) is 16.8. The lowest BCUT2D eigenvalue weighted by Gasteiger charge is -2.33. The molecule has 2 aromatic heterocycles. The van der Waals surface area contributed by atoms with Gasteiger partial charge >= 0.3 is 6.18 Å². The number of halogens is 3. The number of hydrogen-bond donors (Lipinski definition) is 0. The summed E-state index contributed by atoms with van der Waals surface area (Å²) < 4.78 is 64.8. The number of carbonyl (C=O) groups excluding carboxylic acids is 1. The normalized spacial score (nSPS) is 16.0. The Hall–Kier alpha value is -2.43. The highest BCUT2D eigenvalue weighted by molar-refractivity contribution is 7.90. The van der Waals surface area contributed by atoms with Crippen LogP contribution in [0.3, 0.4) is 0 Å². The Morgan fingerprint density at radius 3 is 2.34 bits per heavy atom. The lowest BCUT2D eigenvalue weighted by Crippen LogP contribution is -2.35. The molecule has 7 nitrogen and oxygen atoms in total. The maximum atomic E-state index is 13.5. The summed E-state index contributed by atoms with van der Waals surface area (Å²) in [6.07, 6.45) is 1.95. The minimum atomic E-state index is -4.82. The Bertz CT molecular complexity index is 995. The molecule has 0 aromatic carbocycles. The molecule has 1 aliphatic carbocycles. The summed E-state index contributed by atoms with van der Waals surface area (Å²) in [5.74, 6) is -0.00695. The van der Waals surface area contributed by atoms with Crippen molar-refractivity contribution in [3.63, 3.8) is 0 Å². The largest absolute Gasteiger partial charge is 0.435 e. The van der Waals surface area contributed by atoms with Crippen molar-refractivity contribution in [1.29, 1.82) is 0 Å². The predicted molar refractivity (Wildman–Crippen MR) is 100 cm³/mol. The van der Waals surface area contributed by atoms with E-state index in [1.807, 2.05) is 0 Å². The summed E-state index contributed by atoms with van der Waals surface area (Å²) in [5.41, 5.74) is -1.85. The van der Waals surface area contributed by atoms with Crippen molar-refractivity contribution in [3.8, 4) is 5.82 Å². The molecule has 2 heterocycles. The van der Waals surface area contributed by atoms with E-state index in [0.29, 0.717) is 0 Å². The molecule has 0 unspecified atom stereocenters. The van der Waals surface area contributed by atoms with Crippen molar-refractivity contribution in [1.82, 2.24) is 14.8 Å². The first kappa shape index (κ1) is 21.3. The van der Waals surface area contributed by atoms with E-state index in [-0.39, 0.29) is 28.9 Å². The molecule has 1 fully saturated rings. The first-order chi connectivity index (χ1) is 13.5. The van der Waals surface area contributed by atoms with E-state index in [9.17, 15) is 26.4 Å². The number of sulfone groups is 1. The molecule has 0 N–H and O–H groups in total. The highest BCUT2D eigenvalue weighted by atomic mass is 32.2. The maximum Gasteiger partial charge on any atom is 0.435 e. The van der Waals surface area contributed by atoms with Crippen LogP contribution in [-0.4, -0.2) is 48.8 Å². The molecule has 1 saturated carbocycles. The molecule has 2 aromatic rings. The van der Waals surface area contributed by atoms with Crippen molar-refractivity contribution in [2.45, 2.75) is 49.2 Å². The van der Waals surface area contributed by atoms with Gasteiger partial charge in [0.15, 0.2) is 27.6 Å². The van der Waals surface area contributed by atoms with Crippen molar-refractivity contribution in [2.75, 3.05) is 18.2 Å². The topological polar surface area (TPSA) is 85.2 Å². The van der Waals surface area contributed by atoms with E-state index in [1.165, 1.54) is 12.1 Å². The highest BCUT2D eigenvalue weighted by Crippen LogP contribution is 2.37. The monoisotopic (exact) mass is 430 g/mol. The second kappa shape index (κ2) is 7.77. The molecule has 0 spiro atoms. The summed E-state index contributed by atoms with van der Waals surface area (Å²) in [6.45, 7) is 0. The lowest BCUT2D eigenvalue weighted by atomic mass is 9.94. The van der Waals surface area contributed by atoms with Gasteiger partial charge < -0.3 is 4.90 Å². The third-order valence-corrected chi connectivity index (χ3v) is 6.20. The number of hydrogen-bond acceptors (Lipinski definition) is 6. The fourth-order valence-electron chi connectivity index (χ4n) is 3.60. The van der Waals surface area contributed by atoms with Crippen molar-refractivity contribution in [2.24, 2.45) is 0 Å². The SMILES string of the molecule is CN(c1c(C=O)c(C(F)(F)F)nn1-c1ccc(S(C)(=O)=O)cn1)C1CCCCC1. The smallest absolute Gasteiger partial charge is 0.356 e. The van der Waals surface area contributed by atoms with Crippen LogP contribution in [0.4, 0.5) is 19.0 Å². The number of aromatic nitrogens is 3. The fourth-order valence-corrected chi connectivity index (χ4v) is 4.16. The van der Waals surface area contributed by atoms with Gasteiger partial charge in [-0.05, 0) is 25.0 Å². The van der Waals surface area contributed by atoms with Crippen LogP contribution in [0.1, 0.15) is 48.2 Å². The van der Waals surface area contributed by atoms with Crippen LogP contribution >= 0.6 is 0 Å². The van der Waals surface area contributed by atoms with Gasteiger partial charge in [-0.3, -0.25) is 4.79 Å². The Kier molecular flexibility index (Phi) is 5.70. The van der Waals surface area contributed by atoms with E-state index >= 15 is 0 Å². The van der Waals surface area contributed by atoms with Crippen LogP contribution in [0.2, 0.25) is 0 Å². The van der Waals surface area contributed by atoms with Crippen LogP contribution in [0, 0.1) is 0 Å². The Morgan fingerprint density at radius 2 is 1.86 bits per heavy atom. The molecule has 0 aliphatic heterocycles. The minimum Gasteiger partial charge on any atom is -0.356 e. The number of aldehydes is 1. The summed E-state index contributed by atoms with van der Waals surface area (Å²) in [4.78, 5) is 17.2. The molecule has 1 aliphatic rings. The zero-order valence-electron chi connectivity index (χ0n) is 16.0. The van der Waals surface area contributed by atoms with Gasteiger partial charge in [-0.2, -0.15) is 23.0 Å². The van der Waals surface area contributed by atoms with Crippen LogP contribution in [-0.2, 0) is 16.0 Å². The first-order valence-corrected chi connectivity index (χ1v) is 11.0. The number of alkyl halides is 3. The molecular formula is C18H21F3N4O3S. The van der Waals surface area contributed by atoms with Crippen LogP contribution in [0.25, 0.3) is 5.82 Å². The first-order valence-electron chi connectivity index (χ1n) is 9.08. The van der Waals surface area contributed by atoms with E-state index in [0.717, 1.165) is 49.2 Å². The molecule has 0 radical (unpaired) electrons. The van der Waals surface area contributed by atoms with E-state index < -0.39 is 27.3 Å². The maximum absolute atomic E-state index is 13.5. The second-order valence-electron chi connectivity index (χ2n) is 7.14. The van der Waals surface area contributed by atoms with Crippen molar-refractivity contribution >= 4 is 21.9 Å². The quantitative estimate of drug-likeness (QED) is 0.677. The molecule has 0 bridgehead atoms. The van der Waals surface area contributed by atoms with Gasteiger partial charge in [0, 0.05) is 25.5 Å². The van der Waals surface area contributed by atoms with E-state index in [2.05, 4.69) is 10.1 Å². The molecule has 3 rings (SSSR count). The minimum absolute atomic E-state index is 0.00108. The second-order valence-corrected chi connectivity index (χ2v) is 9.16. The van der Waals surface area contributed by atoms with E-state index in [4.69, 9.17) is 0 Å². The summed E-state index contributed by atoms with van der Waals surface area (Å²) in [6, 6.07) is 2.49. The average molecular weight is 430 g/mol. The molecule has 158 valence electrons. The van der Waals surface area contributed by atoms with Gasteiger partial charge in [-0.25, -0.2) is 13.4 Å². The van der Waals surface area contributed by atoms with Gasteiger partial charge in [0.1, 0.15) is 5.82 Å². The summed E-state index contributed by atoms with van der Waals surface area (Å²) >= 11 is 0. The summed E-state index contributed by atoms with van der Waals surface area (Å²) in [5, 5.41) is 3.64. The fraction of sp³-hybridized carbons (Fsp3) is 0.500. The molecule has 0 atom stereocenters. The van der Waals surface area contributed by atoms with Gasteiger partial charge in [-0.15, -0.1) is 0 Å². The third-order valence-electron chi connectivity index (χ3n) is 5.11. The number of anilines is 1. The molecule has 0 amide bonds.